The second-order valence-electron chi connectivity index (χ2n) is 6.64. The molecule has 3 heteroatoms. The van der Waals surface area contributed by atoms with Crippen LogP contribution in [0.25, 0.3) is 5.76 Å². The van der Waals surface area contributed by atoms with Crippen LogP contribution in [0.5, 0.6) is 5.75 Å². The average molecular weight is 322 g/mol. The van der Waals surface area contributed by atoms with Gasteiger partial charge in [-0.15, -0.1) is 0 Å². The summed E-state index contributed by atoms with van der Waals surface area (Å²) in [6.07, 6.45) is 4.84. The molecule has 1 N–H and O–H groups in total. The molecule has 2 aliphatic rings. The van der Waals surface area contributed by atoms with E-state index in [1.54, 1.807) is 7.11 Å². The van der Waals surface area contributed by atoms with Gasteiger partial charge in [0.2, 0.25) is 5.79 Å². The maximum absolute atomic E-state index is 11.1. The molecule has 1 heterocycles. The number of fused-ring (bicyclic) bond motifs is 1. The Balaban J connectivity index is 1.75. The molecule has 1 aliphatic heterocycles. The van der Waals surface area contributed by atoms with Crippen molar-refractivity contribution >= 4 is 5.76 Å². The van der Waals surface area contributed by atoms with E-state index in [9.17, 15) is 5.11 Å². The summed E-state index contributed by atoms with van der Waals surface area (Å²) >= 11 is 0. The Labute approximate surface area is 142 Å². The summed E-state index contributed by atoms with van der Waals surface area (Å²) in [5.74, 6) is 0.788. The molecule has 0 amide bonds. The topological polar surface area (TPSA) is 38.7 Å². The van der Waals surface area contributed by atoms with Gasteiger partial charge in [0.15, 0.2) is 0 Å². The van der Waals surface area contributed by atoms with Crippen molar-refractivity contribution in [1.29, 1.82) is 0 Å². The van der Waals surface area contributed by atoms with Gasteiger partial charge in [-0.25, -0.2) is 0 Å². The van der Waals surface area contributed by atoms with Crippen molar-refractivity contribution < 1.29 is 14.6 Å². The smallest absolute Gasteiger partial charge is 0.211 e. The highest BCUT2D eigenvalue weighted by atomic mass is 16.6. The van der Waals surface area contributed by atoms with Crippen molar-refractivity contribution in [3.63, 3.8) is 0 Å². The van der Waals surface area contributed by atoms with Crippen LogP contribution in [0.2, 0.25) is 0 Å². The molecular weight excluding hydrogens is 300 g/mol. The molecule has 0 spiro atoms. The van der Waals surface area contributed by atoms with E-state index in [0.29, 0.717) is 6.42 Å². The van der Waals surface area contributed by atoms with E-state index in [0.717, 1.165) is 29.9 Å². The summed E-state index contributed by atoms with van der Waals surface area (Å²) < 4.78 is 11.3. The van der Waals surface area contributed by atoms with Crippen molar-refractivity contribution in [1.82, 2.24) is 0 Å². The minimum atomic E-state index is -1.06. The van der Waals surface area contributed by atoms with E-state index >= 15 is 0 Å². The zero-order valence-electron chi connectivity index (χ0n) is 13.8. The summed E-state index contributed by atoms with van der Waals surface area (Å²) in [5, 5.41) is 11.1. The molecule has 0 radical (unpaired) electrons. The molecule has 24 heavy (non-hydrogen) atoms. The van der Waals surface area contributed by atoms with Crippen molar-refractivity contribution in [3.8, 4) is 5.75 Å². The number of hydrogen-bond acceptors (Lipinski definition) is 3. The fourth-order valence-electron chi connectivity index (χ4n) is 3.99. The minimum absolute atomic E-state index is 0.113. The third-order valence-electron chi connectivity index (χ3n) is 5.24. The van der Waals surface area contributed by atoms with E-state index in [1.165, 1.54) is 5.56 Å². The van der Waals surface area contributed by atoms with Gasteiger partial charge in [-0.2, -0.15) is 0 Å². The van der Waals surface area contributed by atoms with Crippen LogP contribution in [0.3, 0.4) is 0 Å². The zero-order chi connectivity index (χ0) is 16.6. The fourth-order valence-corrected chi connectivity index (χ4v) is 3.99. The van der Waals surface area contributed by atoms with Crippen molar-refractivity contribution in [2.75, 3.05) is 7.11 Å². The van der Waals surface area contributed by atoms with Gasteiger partial charge in [-0.1, -0.05) is 30.3 Å². The molecule has 3 nitrogen and oxygen atoms in total. The van der Waals surface area contributed by atoms with Crippen LogP contribution in [0, 0.1) is 5.92 Å². The Kier molecular flexibility index (Phi) is 3.81. The van der Waals surface area contributed by atoms with E-state index in [1.807, 2.05) is 30.3 Å². The third kappa shape index (κ3) is 2.59. The number of ether oxygens (including phenoxy) is 2. The molecule has 4 rings (SSSR count). The van der Waals surface area contributed by atoms with E-state index in [2.05, 4.69) is 30.3 Å². The van der Waals surface area contributed by atoms with Gasteiger partial charge in [0.25, 0.3) is 0 Å². The number of benzene rings is 2. The molecule has 0 bridgehead atoms. The quantitative estimate of drug-likeness (QED) is 0.913. The summed E-state index contributed by atoms with van der Waals surface area (Å²) in [4.78, 5) is 0. The van der Waals surface area contributed by atoms with Crippen LogP contribution < -0.4 is 4.74 Å². The maximum Gasteiger partial charge on any atom is 0.211 e. The Morgan fingerprint density at radius 2 is 1.83 bits per heavy atom. The van der Waals surface area contributed by atoms with Gasteiger partial charge in [0, 0.05) is 23.8 Å². The number of methoxy groups -OCH3 is 1. The lowest BCUT2D eigenvalue weighted by Gasteiger charge is -2.40. The van der Waals surface area contributed by atoms with Crippen LogP contribution in [0.1, 0.15) is 36.3 Å². The Morgan fingerprint density at radius 3 is 2.54 bits per heavy atom. The maximum atomic E-state index is 11.1. The normalized spacial score (nSPS) is 28.7. The molecule has 124 valence electrons. The van der Waals surface area contributed by atoms with E-state index < -0.39 is 5.79 Å². The van der Waals surface area contributed by atoms with Gasteiger partial charge in [-0.05, 0) is 48.7 Å². The molecule has 1 saturated carbocycles. The first-order chi connectivity index (χ1) is 11.7. The summed E-state index contributed by atoms with van der Waals surface area (Å²) in [5.41, 5.74) is 2.20. The number of rotatable bonds is 3. The third-order valence-corrected chi connectivity index (χ3v) is 5.24. The lowest BCUT2D eigenvalue weighted by atomic mass is 9.79. The van der Waals surface area contributed by atoms with Crippen LogP contribution in [-0.2, 0) is 4.74 Å². The van der Waals surface area contributed by atoms with Crippen molar-refractivity contribution in [2.45, 2.75) is 31.0 Å². The van der Waals surface area contributed by atoms with Gasteiger partial charge in [0.05, 0.1) is 7.11 Å². The van der Waals surface area contributed by atoms with E-state index in [4.69, 9.17) is 9.47 Å². The molecular formula is C21H22O3. The van der Waals surface area contributed by atoms with Gasteiger partial charge in [-0.3, -0.25) is 0 Å². The second-order valence-corrected chi connectivity index (χ2v) is 6.64. The molecule has 1 aliphatic carbocycles. The number of allylic oxidation sites excluding steroid dienone is 1. The highest BCUT2D eigenvalue weighted by Gasteiger charge is 2.50. The molecule has 0 saturated heterocycles. The standard InChI is InChI=1S/C21H22O3/c1-23-17-11-9-16(10-12-17)20-14-18(15-6-3-2-4-7-15)19-8-5-13-21(19,22)24-20/h2-4,6-7,9-12,14,18-19,22H,5,8,13H2,1H3/t18-,19+,21+/m1/s1. The zero-order valence-corrected chi connectivity index (χ0v) is 13.8. The molecule has 2 aromatic carbocycles. The van der Waals surface area contributed by atoms with Gasteiger partial charge >= 0.3 is 0 Å². The summed E-state index contributed by atoms with van der Waals surface area (Å²) in [6.45, 7) is 0. The van der Waals surface area contributed by atoms with Gasteiger partial charge in [0.1, 0.15) is 11.5 Å². The largest absolute Gasteiger partial charge is 0.497 e. The fraction of sp³-hybridized carbons (Fsp3) is 0.333. The Morgan fingerprint density at radius 1 is 1.08 bits per heavy atom. The predicted octanol–water partition coefficient (Wildman–Crippen LogP) is 4.34. The molecule has 1 fully saturated rings. The Bertz CT molecular complexity index is 735. The second kappa shape index (κ2) is 5.99. The molecule has 0 unspecified atom stereocenters. The minimum Gasteiger partial charge on any atom is -0.497 e. The first-order valence-electron chi connectivity index (χ1n) is 8.52. The van der Waals surface area contributed by atoms with Crippen LogP contribution in [-0.4, -0.2) is 18.0 Å². The van der Waals surface area contributed by atoms with Crippen molar-refractivity contribution in [3.05, 3.63) is 71.8 Å². The first kappa shape index (κ1) is 15.3. The van der Waals surface area contributed by atoms with Gasteiger partial charge < -0.3 is 14.6 Å². The lowest BCUT2D eigenvalue weighted by molar-refractivity contribution is -0.190. The number of aliphatic hydroxyl groups is 1. The predicted molar refractivity (Wildman–Crippen MR) is 93.5 cm³/mol. The first-order valence-corrected chi connectivity index (χ1v) is 8.52. The average Bonchev–Trinajstić information content (AvgIpc) is 3.03. The highest BCUT2D eigenvalue weighted by Crippen LogP contribution is 2.51. The Hall–Kier alpha value is -2.26. The molecule has 2 aromatic rings. The number of hydrogen-bond donors (Lipinski definition) is 1. The van der Waals surface area contributed by atoms with Crippen LogP contribution in [0.15, 0.2) is 60.7 Å². The van der Waals surface area contributed by atoms with Crippen LogP contribution >= 0.6 is 0 Å². The van der Waals surface area contributed by atoms with Crippen LogP contribution in [0.4, 0.5) is 0 Å². The summed E-state index contributed by atoms with van der Waals surface area (Å²) in [7, 11) is 1.66. The van der Waals surface area contributed by atoms with Crippen molar-refractivity contribution in [2.24, 2.45) is 5.92 Å². The summed E-state index contributed by atoms with van der Waals surface area (Å²) in [6, 6.07) is 18.2. The highest BCUT2D eigenvalue weighted by molar-refractivity contribution is 5.63. The monoisotopic (exact) mass is 322 g/mol. The van der Waals surface area contributed by atoms with E-state index in [-0.39, 0.29) is 11.8 Å². The SMILES string of the molecule is COc1ccc(C2=C[C@H](c3ccccc3)[C@@H]3CCC[C@]3(O)O2)cc1. The lowest BCUT2D eigenvalue weighted by Crippen LogP contribution is -2.41. The molecule has 0 aromatic heterocycles. The molecule has 3 atom stereocenters.